The predicted octanol–water partition coefficient (Wildman–Crippen LogP) is 5.22. The molecule has 0 atom stereocenters. The van der Waals surface area contributed by atoms with E-state index in [2.05, 4.69) is 48.4 Å². The zero-order valence-corrected chi connectivity index (χ0v) is 17.2. The lowest BCUT2D eigenvalue weighted by molar-refractivity contribution is 0.0948. The van der Waals surface area contributed by atoms with Gasteiger partial charge < -0.3 is 14.3 Å². The van der Waals surface area contributed by atoms with Crippen LogP contribution in [-0.4, -0.2) is 16.0 Å². The molecule has 0 saturated heterocycles. The van der Waals surface area contributed by atoms with Crippen molar-refractivity contribution in [2.45, 2.75) is 32.7 Å². The highest BCUT2D eigenvalue weighted by atomic mass is 16.5. The SMILES string of the molecule is CC(C)(C)c1ccc(-c2noc(-c3ccccc3C(=O)NCc3ccco3)n2)cc1. The molecule has 0 aliphatic heterocycles. The fraction of sp³-hybridized carbons (Fsp3) is 0.208. The summed E-state index contributed by atoms with van der Waals surface area (Å²) in [7, 11) is 0. The van der Waals surface area contributed by atoms with Gasteiger partial charge in [-0.25, -0.2) is 0 Å². The molecule has 4 aromatic rings. The third kappa shape index (κ3) is 4.17. The molecule has 152 valence electrons. The number of benzene rings is 2. The molecule has 0 aliphatic rings. The van der Waals surface area contributed by atoms with Crippen molar-refractivity contribution in [2.75, 3.05) is 0 Å². The number of carbonyl (C=O) groups excluding carboxylic acids is 1. The fourth-order valence-corrected chi connectivity index (χ4v) is 3.11. The molecule has 6 nitrogen and oxygen atoms in total. The number of carbonyl (C=O) groups is 1. The minimum absolute atomic E-state index is 0.0723. The summed E-state index contributed by atoms with van der Waals surface area (Å²) in [6, 6.07) is 18.9. The minimum Gasteiger partial charge on any atom is -0.467 e. The maximum atomic E-state index is 12.7. The largest absolute Gasteiger partial charge is 0.467 e. The Labute approximate surface area is 174 Å². The molecule has 30 heavy (non-hydrogen) atoms. The van der Waals surface area contributed by atoms with Crippen LogP contribution in [0.1, 0.15) is 42.5 Å². The predicted molar refractivity (Wildman–Crippen MR) is 114 cm³/mol. The third-order valence-electron chi connectivity index (χ3n) is 4.84. The molecule has 0 bridgehead atoms. The Hall–Kier alpha value is -3.67. The van der Waals surface area contributed by atoms with E-state index in [0.29, 0.717) is 35.1 Å². The van der Waals surface area contributed by atoms with Gasteiger partial charge in [-0.05, 0) is 35.2 Å². The molecule has 6 heteroatoms. The van der Waals surface area contributed by atoms with E-state index in [1.54, 1.807) is 36.6 Å². The molecule has 0 fully saturated rings. The van der Waals surface area contributed by atoms with Gasteiger partial charge in [0.1, 0.15) is 5.76 Å². The third-order valence-corrected chi connectivity index (χ3v) is 4.84. The number of amides is 1. The maximum Gasteiger partial charge on any atom is 0.259 e. The monoisotopic (exact) mass is 401 g/mol. The van der Waals surface area contributed by atoms with Gasteiger partial charge in [0.15, 0.2) is 0 Å². The van der Waals surface area contributed by atoms with Crippen LogP contribution in [0.25, 0.3) is 22.8 Å². The molecule has 1 N–H and O–H groups in total. The normalized spacial score (nSPS) is 11.4. The topological polar surface area (TPSA) is 81.2 Å². The number of furan rings is 1. The summed E-state index contributed by atoms with van der Waals surface area (Å²) in [6.07, 6.45) is 1.57. The molecular formula is C24H23N3O3. The molecule has 1 amide bonds. The van der Waals surface area contributed by atoms with E-state index in [1.807, 2.05) is 18.2 Å². The van der Waals surface area contributed by atoms with Gasteiger partial charge in [-0.2, -0.15) is 4.98 Å². The highest BCUT2D eigenvalue weighted by Crippen LogP contribution is 2.27. The molecule has 4 rings (SSSR count). The number of nitrogens with zero attached hydrogens (tertiary/aromatic N) is 2. The van der Waals surface area contributed by atoms with Crippen molar-refractivity contribution in [3.8, 4) is 22.8 Å². The lowest BCUT2D eigenvalue weighted by atomic mass is 9.87. The van der Waals surface area contributed by atoms with Crippen LogP contribution in [0.2, 0.25) is 0 Å². The van der Waals surface area contributed by atoms with Crippen molar-refractivity contribution < 1.29 is 13.7 Å². The van der Waals surface area contributed by atoms with Crippen molar-refractivity contribution >= 4 is 5.91 Å². The smallest absolute Gasteiger partial charge is 0.259 e. The zero-order chi connectivity index (χ0) is 21.1. The summed E-state index contributed by atoms with van der Waals surface area (Å²) >= 11 is 0. The summed E-state index contributed by atoms with van der Waals surface area (Å²) < 4.78 is 10.7. The first kappa shape index (κ1) is 19.6. The zero-order valence-electron chi connectivity index (χ0n) is 17.2. The number of aromatic nitrogens is 2. The standard InChI is InChI=1S/C24H23N3O3/c1-24(2,3)17-12-10-16(11-13-17)21-26-23(30-27-21)20-9-5-4-8-19(20)22(28)25-15-18-7-6-14-29-18/h4-14H,15H2,1-3H3,(H,25,28). The molecule has 2 heterocycles. The average molecular weight is 401 g/mol. The summed E-state index contributed by atoms with van der Waals surface area (Å²) in [5, 5.41) is 6.96. The first-order valence-corrected chi connectivity index (χ1v) is 9.76. The molecule has 0 unspecified atom stereocenters. The number of hydrogen-bond acceptors (Lipinski definition) is 5. The fourth-order valence-electron chi connectivity index (χ4n) is 3.11. The number of rotatable bonds is 5. The van der Waals surface area contributed by atoms with E-state index < -0.39 is 0 Å². The van der Waals surface area contributed by atoms with Gasteiger partial charge in [0.2, 0.25) is 5.82 Å². The Morgan fingerprint density at radius 1 is 1.00 bits per heavy atom. The Morgan fingerprint density at radius 2 is 1.77 bits per heavy atom. The highest BCUT2D eigenvalue weighted by Gasteiger charge is 2.19. The molecule has 2 aromatic heterocycles. The quantitative estimate of drug-likeness (QED) is 0.496. The van der Waals surface area contributed by atoms with E-state index >= 15 is 0 Å². The Balaban J connectivity index is 1.57. The number of nitrogens with one attached hydrogen (secondary N) is 1. The molecule has 0 aliphatic carbocycles. The van der Waals surface area contributed by atoms with Gasteiger partial charge in [-0.15, -0.1) is 0 Å². The van der Waals surface area contributed by atoms with Gasteiger partial charge in [0, 0.05) is 5.56 Å². The molecule has 0 saturated carbocycles. The van der Waals surface area contributed by atoms with Gasteiger partial charge in [0.05, 0.1) is 23.9 Å². The highest BCUT2D eigenvalue weighted by molar-refractivity contribution is 5.99. The van der Waals surface area contributed by atoms with Crippen LogP contribution in [-0.2, 0) is 12.0 Å². The average Bonchev–Trinajstić information content (AvgIpc) is 3.44. The lowest BCUT2D eigenvalue weighted by Gasteiger charge is -2.18. The van der Waals surface area contributed by atoms with Crippen molar-refractivity contribution in [1.82, 2.24) is 15.5 Å². The van der Waals surface area contributed by atoms with Crippen LogP contribution < -0.4 is 5.32 Å². The lowest BCUT2D eigenvalue weighted by Crippen LogP contribution is -2.23. The van der Waals surface area contributed by atoms with Crippen molar-refractivity contribution in [3.63, 3.8) is 0 Å². The van der Waals surface area contributed by atoms with Crippen molar-refractivity contribution in [3.05, 3.63) is 83.8 Å². The maximum absolute atomic E-state index is 12.7. The summed E-state index contributed by atoms with van der Waals surface area (Å²) in [4.78, 5) is 17.2. The van der Waals surface area contributed by atoms with Gasteiger partial charge in [0.25, 0.3) is 11.8 Å². The van der Waals surface area contributed by atoms with Gasteiger partial charge in [-0.3, -0.25) is 4.79 Å². The van der Waals surface area contributed by atoms with E-state index in [4.69, 9.17) is 8.94 Å². The van der Waals surface area contributed by atoms with Gasteiger partial charge in [-0.1, -0.05) is 62.3 Å². The van der Waals surface area contributed by atoms with Crippen molar-refractivity contribution in [2.24, 2.45) is 0 Å². The van der Waals surface area contributed by atoms with Crippen LogP contribution in [0.15, 0.2) is 75.9 Å². The first-order chi connectivity index (χ1) is 14.4. The molecule has 2 aromatic carbocycles. The van der Waals surface area contributed by atoms with Crippen LogP contribution in [0.4, 0.5) is 0 Å². The molecule has 0 radical (unpaired) electrons. The Bertz CT molecular complexity index is 1140. The minimum atomic E-state index is -0.240. The molecule has 0 spiro atoms. The first-order valence-electron chi connectivity index (χ1n) is 9.76. The van der Waals surface area contributed by atoms with Crippen LogP contribution in [0.5, 0.6) is 0 Å². The number of hydrogen-bond donors (Lipinski definition) is 1. The van der Waals surface area contributed by atoms with E-state index in [0.717, 1.165) is 5.56 Å². The Kier molecular flexibility index (Phi) is 5.23. The van der Waals surface area contributed by atoms with Crippen LogP contribution >= 0.6 is 0 Å². The van der Waals surface area contributed by atoms with Crippen molar-refractivity contribution in [1.29, 1.82) is 0 Å². The second-order valence-corrected chi connectivity index (χ2v) is 8.06. The van der Waals surface area contributed by atoms with Crippen LogP contribution in [0.3, 0.4) is 0 Å². The van der Waals surface area contributed by atoms with Gasteiger partial charge >= 0.3 is 0 Å². The summed E-state index contributed by atoms with van der Waals surface area (Å²) in [6.45, 7) is 6.81. The second kappa shape index (κ2) is 7.99. The van der Waals surface area contributed by atoms with E-state index in [-0.39, 0.29) is 11.3 Å². The molecular weight excluding hydrogens is 378 g/mol. The Morgan fingerprint density at radius 3 is 2.47 bits per heavy atom. The van der Waals surface area contributed by atoms with Crippen LogP contribution in [0, 0.1) is 0 Å². The summed E-state index contributed by atoms with van der Waals surface area (Å²) in [5.74, 6) is 1.22. The van der Waals surface area contributed by atoms with E-state index in [1.165, 1.54) is 5.56 Å². The van der Waals surface area contributed by atoms with E-state index in [9.17, 15) is 4.79 Å². The second-order valence-electron chi connectivity index (χ2n) is 8.06. The summed E-state index contributed by atoms with van der Waals surface area (Å²) in [5.41, 5.74) is 3.20.